The number of nitro groups is 1. The molecule has 0 radical (unpaired) electrons. The van der Waals surface area contributed by atoms with Gasteiger partial charge in [-0.1, -0.05) is 0 Å². The molecule has 1 aliphatic heterocycles. The molecule has 0 atom stereocenters. The van der Waals surface area contributed by atoms with Crippen molar-refractivity contribution in [2.45, 2.75) is 31.0 Å². The van der Waals surface area contributed by atoms with Crippen molar-refractivity contribution in [3.63, 3.8) is 0 Å². The van der Waals surface area contributed by atoms with E-state index in [1.165, 1.54) is 6.07 Å². The van der Waals surface area contributed by atoms with E-state index in [0.29, 0.717) is 11.3 Å². The average Bonchev–Trinajstić information content (AvgIpc) is 3.03. The largest absolute Gasteiger partial charge is 0.411 e. The normalized spacial score (nSPS) is 18.9. The van der Waals surface area contributed by atoms with Crippen LogP contribution in [-0.2, 0) is 11.2 Å². The van der Waals surface area contributed by atoms with Gasteiger partial charge < -0.3 is 10.6 Å². The molecule has 9 heteroatoms. The van der Waals surface area contributed by atoms with Crippen LogP contribution in [-0.4, -0.2) is 22.5 Å². The Morgan fingerprint density at radius 3 is 2.52 bits per heavy atom. The first-order valence-electron chi connectivity index (χ1n) is 6.18. The quantitative estimate of drug-likeness (QED) is 0.664. The van der Waals surface area contributed by atoms with E-state index >= 15 is 0 Å². The number of hydrogen-bond acceptors (Lipinski definition) is 4. The molecule has 21 heavy (non-hydrogen) atoms. The van der Waals surface area contributed by atoms with E-state index in [2.05, 4.69) is 10.6 Å². The molecule has 3 rings (SSSR count). The number of amides is 1. The maximum atomic E-state index is 12.9. The van der Waals surface area contributed by atoms with E-state index in [-0.39, 0.29) is 30.9 Å². The van der Waals surface area contributed by atoms with E-state index in [4.69, 9.17) is 0 Å². The summed E-state index contributed by atoms with van der Waals surface area (Å²) in [5.41, 5.74) is -2.06. The Labute approximate surface area is 116 Å². The molecule has 1 heterocycles. The molecule has 0 saturated heterocycles. The molecule has 0 bridgehead atoms. The minimum absolute atomic E-state index is 0.0130. The topological polar surface area (TPSA) is 84.3 Å². The molecule has 1 saturated carbocycles. The fourth-order valence-corrected chi connectivity index (χ4v) is 2.37. The van der Waals surface area contributed by atoms with Gasteiger partial charge in [0.15, 0.2) is 0 Å². The summed E-state index contributed by atoms with van der Waals surface area (Å²) in [5, 5.41) is 15.7. The van der Waals surface area contributed by atoms with Crippen molar-refractivity contribution in [2.75, 3.05) is 10.6 Å². The third-order valence-corrected chi connectivity index (χ3v) is 3.71. The van der Waals surface area contributed by atoms with Gasteiger partial charge in [-0.2, -0.15) is 13.2 Å². The van der Waals surface area contributed by atoms with Crippen LogP contribution in [0.4, 0.5) is 30.2 Å². The zero-order chi connectivity index (χ0) is 15.4. The number of fused-ring (bicyclic) bond motifs is 1. The van der Waals surface area contributed by atoms with Gasteiger partial charge in [0.2, 0.25) is 5.91 Å². The first-order valence-corrected chi connectivity index (χ1v) is 6.18. The standard InChI is InChI=1S/C12H10F3N3O3/c13-12(14,15)11(1-2-11)17-8-5-7-6(4-10(19)16-7)3-9(8)18(20)21/h3,5,17H,1-2,4H2,(H,16,19). The third-order valence-electron chi connectivity index (χ3n) is 3.71. The number of benzene rings is 1. The molecule has 1 aromatic carbocycles. The van der Waals surface area contributed by atoms with Crippen molar-refractivity contribution in [2.24, 2.45) is 0 Å². The number of rotatable bonds is 3. The Hall–Kier alpha value is -2.32. The van der Waals surface area contributed by atoms with Crippen molar-refractivity contribution in [3.8, 4) is 0 Å². The lowest BCUT2D eigenvalue weighted by atomic mass is 10.1. The van der Waals surface area contributed by atoms with Crippen molar-refractivity contribution in [1.82, 2.24) is 0 Å². The molecule has 6 nitrogen and oxygen atoms in total. The highest BCUT2D eigenvalue weighted by atomic mass is 19.4. The molecule has 1 amide bonds. The summed E-state index contributed by atoms with van der Waals surface area (Å²) in [4.78, 5) is 21.6. The highest BCUT2D eigenvalue weighted by Gasteiger charge is 2.64. The maximum absolute atomic E-state index is 12.9. The van der Waals surface area contributed by atoms with Gasteiger partial charge in [0.25, 0.3) is 5.69 Å². The molecule has 2 N–H and O–H groups in total. The Bertz CT molecular complexity index is 653. The second kappa shape index (κ2) is 4.09. The van der Waals surface area contributed by atoms with Crippen molar-refractivity contribution >= 4 is 23.0 Å². The Balaban J connectivity index is 2.01. The summed E-state index contributed by atoms with van der Waals surface area (Å²) < 4.78 is 38.8. The van der Waals surface area contributed by atoms with Crippen molar-refractivity contribution in [3.05, 3.63) is 27.8 Å². The van der Waals surface area contributed by atoms with Crippen LogP contribution in [0.1, 0.15) is 18.4 Å². The predicted octanol–water partition coefficient (Wildman–Crippen LogP) is 2.60. The second-order valence-electron chi connectivity index (χ2n) is 5.21. The van der Waals surface area contributed by atoms with Crippen LogP contribution in [0.2, 0.25) is 0 Å². The van der Waals surface area contributed by atoms with Crippen LogP contribution in [0.3, 0.4) is 0 Å². The second-order valence-corrected chi connectivity index (χ2v) is 5.21. The molecule has 1 aliphatic carbocycles. The highest BCUT2D eigenvalue weighted by molar-refractivity contribution is 6.00. The molecule has 0 unspecified atom stereocenters. The molecular formula is C12H10F3N3O3. The van der Waals surface area contributed by atoms with E-state index in [1.54, 1.807) is 0 Å². The Morgan fingerprint density at radius 2 is 2.00 bits per heavy atom. The summed E-state index contributed by atoms with van der Waals surface area (Å²) in [6, 6.07) is 2.34. The number of anilines is 2. The van der Waals surface area contributed by atoms with Gasteiger partial charge in [0.1, 0.15) is 11.2 Å². The number of carbonyl (C=O) groups excluding carboxylic acids is 1. The van der Waals surface area contributed by atoms with Gasteiger partial charge in [-0.15, -0.1) is 0 Å². The average molecular weight is 301 g/mol. The summed E-state index contributed by atoms with van der Waals surface area (Å²) in [7, 11) is 0. The fraction of sp³-hybridized carbons (Fsp3) is 0.417. The minimum atomic E-state index is -4.48. The Morgan fingerprint density at radius 1 is 1.33 bits per heavy atom. The zero-order valence-corrected chi connectivity index (χ0v) is 10.6. The summed E-state index contributed by atoms with van der Waals surface area (Å²) in [6.07, 6.45) is -4.75. The molecule has 1 fully saturated rings. The number of nitro benzene ring substituents is 1. The van der Waals surface area contributed by atoms with Gasteiger partial charge >= 0.3 is 6.18 Å². The van der Waals surface area contributed by atoms with E-state index in [1.807, 2.05) is 0 Å². The number of halogens is 3. The number of hydrogen-bond donors (Lipinski definition) is 2. The smallest absolute Gasteiger partial charge is 0.366 e. The molecule has 0 aromatic heterocycles. The fourth-order valence-electron chi connectivity index (χ4n) is 2.37. The number of nitrogens with one attached hydrogen (secondary N) is 2. The molecule has 0 spiro atoms. The lowest BCUT2D eigenvalue weighted by Gasteiger charge is -2.22. The van der Waals surface area contributed by atoms with Gasteiger partial charge in [-0.3, -0.25) is 14.9 Å². The van der Waals surface area contributed by atoms with Crippen LogP contribution in [0, 0.1) is 10.1 Å². The first kappa shape index (κ1) is 13.7. The number of carbonyl (C=O) groups is 1. The van der Waals surface area contributed by atoms with E-state index in [0.717, 1.165) is 6.07 Å². The van der Waals surface area contributed by atoms with Gasteiger partial charge in [-0.25, -0.2) is 0 Å². The molecule has 2 aliphatic rings. The van der Waals surface area contributed by atoms with Crippen LogP contribution < -0.4 is 10.6 Å². The summed E-state index contributed by atoms with van der Waals surface area (Å²) in [6.45, 7) is 0. The van der Waals surface area contributed by atoms with Gasteiger partial charge in [0.05, 0.1) is 11.3 Å². The number of alkyl halides is 3. The van der Waals surface area contributed by atoms with Crippen LogP contribution in [0.15, 0.2) is 12.1 Å². The SMILES string of the molecule is O=C1Cc2cc([N+](=O)[O-])c(NC3(C(F)(F)F)CC3)cc2N1. The van der Waals surface area contributed by atoms with Crippen molar-refractivity contribution in [1.29, 1.82) is 0 Å². The first-order chi connectivity index (χ1) is 9.72. The van der Waals surface area contributed by atoms with E-state index < -0.39 is 22.3 Å². The van der Waals surface area contributed by atoms with Gasteiger partial charge in [-0.05, 0) is 24.5 Å². The third kappa shape index (κ3) is 2.18. The monoisotopic (exact) mass is 301 g/mol. The lowest BCUT2D eigenvalue weighted by Crippen LogP contribution is -2.38. The predicted molar refractivity (Wildman–Crippen MR) is 67.1 cm³/mol. The zero-order valence-electron chi connectivity index (χ0n) is 10.6. The summed E-state index contributed by atoms with van der Waals surface area (Å²) in [5.74, 6) is -0.339. The Kier molecular flexibility index (Phi) is 2.66. The van der Waals surface area contributed by atoms with Crippen LogP contribution in [0.5, 0.6) is 0 Å². The molecule has 1 aromatic rings. The lowest BCUT2D eigenvalue weighted by molar-refractivity contribution is -0.384. The van der Waals surface area contributed by atoms with Crippen LogP contribution in [0.25, 0.3) is 0 Å². The van der Waals surface area contributed by atoms with Crippen LogP contribution >= 0.6 is 0 Å². The highest BCUT2D eigenvalue weighted by Crippen LogP contribution is 2.52. The maximum Gasteiger partial charge on any atom is 0.411 e. The molecular weight excluding hydrogens is 291 g/mol. The molecule has 112 valence electrons. The van der Waals surface area contributed by atoms with Gasteiger partial charge in [0, 0.05) is 11.8 Å². The van der Waals surface area contributed by atoms with E-state index in [9.17, 15) is 28.1 Å². The van der Waals surface area contributed by atoms with Crippen molar-refractivity contribution < 1.29 is 22.9 Å². The number of nitrogens with zero attached hydrogens (tertiary/aromatic N) is 1. The summed E-state index contributed by atoms with van der Waals surface area (Å²) >= 11 is 0. The minimum Gasteiger partial charge on any atom is -0.366 e.